The Morgan fingerprint density at radius 2 is 1.74 bits per heavy atom. The van der Waals surface area contributed by atoms with E-state index in [1.807, 2.05) is 6.07 Å². The van der Waals surface area contributed by atoms with Crippen LogP contribution in [0.5, 0.6) is 17.2 Å². The molecule has 2 aromatic carbocycles. The van der Waals surface area contributed by atoms with Crippen LogP contribution in [0, 0.1) is 0 Å². The van der Waals surface area contributed by atoms with Gasteiger partial charge >= 0.3 is 5.97 Å². The zero-order valence-electron chi connectivity index (χ0n) is 22.4. The molecule has 0 bridgehead atoms. The van der Waals surface area contributed by atoms with E-state index in [0.29, 0.717) is 41.2 Å². The Hall–Kier alpha value is -4.28. The number of hydrogen-bond donors (Lipinski definition) is 3. The van der Waals surface area contributed by atoms with E-state index in [9.17, 15) is 19.2 Å². The SMILES string of the molecule is COC(=O)CNC(=O)C(C)Nc1ccc2c(cc1=O)C(NC(C)=O)CCc1cc(OC)c(OC)c(OC)c1-2. The number of benzene rings is 1. The van der Waals surface area contributed by atoms with Crippen molar-refractivity contribution in [3.05, 3.63) is 45.6 Å². The number of hydrogen-bond acceptors (Lipinski definition) is 9. The topological polar surface area (TPSA) is 141 Å². The molecule has 0 aromatic heterocycles. The Labute approximate surface area is 220 Å². The van der Waals surface area contributed by atoms with Crippen molar-refractivity contribution in [2.24, 2.45) is 0 Å². The van der Waals surface area contributed by atoms with Gasteiger partial charge in [-0.15, -0.1) is 0 Å². The highest BCUT2D eigenvalue weighted by Crippen LogP contribution is 2.50. The Bertz CT molecular complexity index is 1290. The van der Waals surface area contributed by atoms with Crippen molar-refractivity contribution in [2.45, 2.75) is 38.8 Å². The first-order valence-corrected chi connectivity index (χ1v) is 12.0. The molecule has 2 unspecified atom stereocenters. The summed E-state index contributed by atoms with van der Waals surface area (Å²) in [5.41, 5.74) is 2.68. The van der Waals surface area contributed by atoms with Crippen LogP contribution in [-0.2, 0) is 25.5 Å². The van der Waals surface area contributed by atoms with Crippen molar-refractivity contribution in [3.63, 3.8) is 0 Å². The maximum atomic E-state index is 13.3. The van der Waals surface area contributed by atoms with Gasteiger partial charge in [-0.1, -0.05) is 6.07 Å². The minimum absolute atomic E-state index is 0.168. The lowest BCUT2D eigenvalue weighted by Gasteiger charge is -2.19. The maximum absolute atomic E-state index is 13.3. The molecule has 204 valence electrons. The highest BCUT2D eigenvalue weighted by atomic mass is 16.5. The van der Waals surface area contributed by atoms with Crippen LogP contribution in [0.3, 0.4) is 0 Å². The fraction of sp³-hybridized carbons (Fsp3) is 0.407. The number of amides is 2. The number of esters is 1. The number of rotatable bonds is 9. The van der Waals surface area contributed by atoms with E-state index in [2.05, 4.69) is 20.7 Å². The van der Waals surface area contributed by atoms with E-state index in [1.165, 1.54) is 34.3 Å². The minimum Gasteiger partial charge on any atom is -0.493 e. The monoisotopic (exact) mass is 527 g/mol. The lowest BCUT2D eigenvalue weighted by Crippen LogP contribution is -2.40. The molecule has 11 nitrogen and oxygen atoms in total. The van der Waals surface area contributed by atoms with Crippen LogP contribution in [0.1, 0.15) is 37.4 Å². The number of fused-ring (bicyclic) bond motifs is 3. The standard InChI is InChI=1S/C27H33N3O8/c1-14(27(34)28-13-23(33)36-4)29-20-10-8-17-18(12-21(20)32)19(30-15(2)31)9-7-16-11-22(35-3)25(37-5)26(38-6)24(16)17/h8,10-12,14,19H,7,9,13H2,1-6H3,(H,28,34)(H,29,32)(H,30,31). The summed E-state index contributed by atoms with van der Waals surface area (Å²) in [7, 11) is 5.80. The second kappa shape index (κ2) is 12.3. The van der Waals surface area contributed by atoms with Crippen molar-refractivity contribution >= 4 is 23.5 Å². The second-order valence-electron chi connectivity index (χ2n) is 8.76. The molecule has 0 saturated heterocycles. The summed E-state index contributed by atoms with van der Waals surface area (Å²) in [5.74, 6) is 0.0383. The normalized spacial score (nSPS) is 14.5. The van der Waals surface area contributed by atoms with E-state index in [0.717, 1.165) is 11.1 Å². The second-order valence-corrected chi connectivity index (χ2v) is 8.76. The molecule has 0 fully saturated rings. The van der Waals surface area contributed by atoms with Crippen LogP contribution in [0.4, 0.5) is 5.69 Å². The summed E-state index contributed by atoms with van der Waals surface area (Å²) in [6.45, 7) is 2.70. The van der Waals surface area contributed by atoms with Gasteiger partial charge in [-0.25, -0.2) is 0 Å². The van der Waals surface area contributed by atoms with Crippen LogP contribution < -0.4 is 35.6 Å². The Balaban J connectivity index is 2.16. The van der Waals surface area contributed by atoms with Crippen molar-refractivity contribution in [3.8, 4) is 28.4 Å². The molecule has 3 rings (SSSR count). The molecule has 0 spiro atoms. The minimum atomic E-state index is -0.827. The zero-order chi connectivity index (χ0) is 28.0. The number of carbonyl (C=O) groups is 3. The number of anilines is 1. The van der Waals surface area contributed by atoms with Gasteiger partial charge in [0.15, 0.2) is 11.5 Å². The smallest absolute Gasteiger partial charge is 0.325 e. The first-order chi connectivity index (χ1) is 18.1. The summed E-state index contributed by atoms with van der Waals surface area (Å²) in [6, 6.07) is 5.39. The third-order valence-corrected chi connectivity index (χ3v) is 6.32. The molecule has 0 saturated carbocycles. The van der Waals surface area contributed by atoms with Gasteiger partial charge in [0.1, 0.15) is 12.6 Å². The first kappa shape index (κ1) is 28.3. The Morgan fingerprint density at radius 1 is 1.03 bits per heavy atom. The molecular formula is C27H33N3O8. The summed E-state index contributed by atoms with van der Waals surface area (Å²) >= 11 is 0. The van der Waals surface area contributed by atoms with Crippen LogP contribution in [0.2, 0.25) is 0 Å². The van der Waals surface area contributed by atoms with E-state index in [4.69, 9.17) is 14.2 Å². The van der Waals surface area contributed by atoms with Crippen molar-refractivity contribution in [1.29, 1.82) is 0 Å². The molecule has 0 heterocycles. The maximum Gasteiger partial charge on any atom is 0.325 e. The average Bonchev–Trinajstić information content (AvgIpc) is 3.14. The fourth-order valence-electron chi connectivity index (χ4n) is 4.51. The zero-order valence-corrected chi connectivity index (χ0v) is 22.4. The molecule has 1 aliphatic carbocycles. The molecule has 0 aliphatic heterocycles. The molecule has 11 heteroatoms. The third kappa shape index (κ3) is 5.99. The highest BCUT2D eigenvalue weighted by molar-refractivity contribution is 5.88. The number of nitrogens with one attached hydrogen (secondary N) is 3. The average molecular weight is 528 g/mol. The number of ether oxygens (including phenoxy) is 4. The summed E-state index contributed by atoms with van der Waals surface area (Å²) in [4.78, 5) is 49.2. The molecule has 1 aliphatic rings. The molecule has 0 radical (unpaired) electrons. The summed E-state index contributed by atoms with van der Waals surface area (Å²) in [6.07, 6.45) is 1.10. The van der Waals surface area contributed by atoms with Gasteiger partial charge in [0.2, 0.25) is 23.0 Å². The fourth-order valence-corrected chi connectivity index (χ4v) is 4.51. The Morgan fingerprint density at radius 3 is 2.34 bits per heavy atom. The molecule has 3 N–H and O–H groups in total. The largest absolute Gasteiger partial charge is 0.493 e. The van der Waals surface area contributed by atoms with Crippen molar-refractivity contribution in [1.82, 2.24) is 10.6 Å². The highest BCUT2D eigenvalue weighted by Gasteiger charge is 2.29. The van der Waals surface area contributed by atoms with E-state index < -0.39 is 24.0 Å². The molecule has 2 atom stereocenters. The number of carbonyl (C=O) groups excluding carboxylic acids is 3. The van der Waals surface area contributed by atoms with Gasteiger partial charge in [-0.3, -0.25) is 19.2 Å². The van der Waals surface area contributed by atoms with Gasteiger partial charge in [0.25, 0.3) is 0 Å². The first-order valence-electron chi connectivity index (χ1n) is 12.0. The van der Waals surface area contributed by atoms with Crippen molar-refractivity contribution in [2.75, 3.05) is 40.3 Å². The number of aryl methyl sites for hydroxylation is 1. The van der Waals surface area contributed by atoms with E-state index in [1.54, 1.807) is 26.2 Å². The van der Waals surface area contributed by atoms with Gasteiger partial charge in [0.05, 0.1) is 40.2 Å². The predicted molar refractivity (Wildman–Crippen MR) is 141 cm³/mol. The van der Waals surface area contributed by atoms with E-state index >= 15 is 0 Å². The van der Waals surface area contributed by atoms with E-state index in [-0.39, 0.29) is 23.6 Å². The number of methoxy groups -OCH3 is 4. The van der Waals surface area contributed by atoms with Crippen molar-refractivity contribution < 1.29 is 33.3 Å². The van der Waals surface area contributed by atoms with Gasteiger partial charge in [-0.05, 0) is 54.7 Å². The third-order valence-electron chi connectivity index (χ3n) is 6.32. The van der Waals surface area contributed by atoms with Gasteiger partial charge in [-0.2, -0.15) is 0 Å². The predicted octanol–water partition coefficient (Wildman–Crippen LogP) is 1.95. The van der Waals surface area contributed by atoms with Gasteiger partial charge in [0, 0.05) is 12.5 Å². The van der Waals surface area contributed by atoms with Gasteiger partial charge < -0.3 is 34.9 Å². The lowest BCUT2D eigenvalue weighted by molar-refractivity contribution is -0.141. The van der Waals surface area contributed by atoms with Crippen LogP contribution in [-0.4, -0.2) is 58.8 Å². The summed E-state index contributed by atoms with van der Waals surface area (Å²) < 4.78 is 21.4. The molecular weight excluding hydrogens is 494 g/mol. The molecule has 38 heavy (non-hydrogen) atoms. The summed E-state index contributed by atoms with van der Waals surface area (Å²) in [5, 5.41) is 8.33. The quantitative estimate of drug-likeness (QED) is 0.417. The Kier molecular flexibility index (Phi) is 9.16. The van der Waals surface area contributed by atoms with Crippen LogP contribution >= 0.6 is 0 Å². The van der Waals surface area contributed by atoms with Crippen LogP contribution in [0.15, 0.2) is 29.1 Å². The lowest BCUT2D eigenvalue weighted by atomic mass is 9.95. The van der Waals surface area contributed by atoms with Crippen LogP contribution in [0.25, 0.3) is 11.1 Å². The molecule has 2 aromatic rings. The molecule has 2 amide bonds.